The van der Waals surface area contributed by atoms with Gasteiger partial charge in [-0.05, 0) is 13.3 Å². The third kappa shape index (κ3) is 3.29. The number of urea groups is 1. The summed E-state index contributed by atoms with van der Waals surface area (Å²) in [6, 6.07) is -0.0233. The lowest BCUT2D eigenvalue weighted by atomic mass is 10.2. The highest BCUT2D eigenvalue weighted by atomic mass is 32.2. The molecular formula is C11H20N4O2S. The molecule has 0 radical (unpaired) electrons. The molecule has 2 saturated heterocycles. The van der Waals surface area contributed by atoms with Crippen LogP contribution in [0.4, 0.5) is 4.79 Å². The second-order valence-corrected chi connectivity index (χ2v) is 5.58. The molecule has 7 heteroatoms. The van der Waals surface area contributed by atoms with Crippen molar-refractivity contribution in [3.05, 3.63) is 0 Å². The molecule has 102 valence electrons. The van der Waals surface area contributed by atoms with Gasteiger partial charge < -0.3 is 15.5 Å². The molecule has 2 fully saturated rings. The summed E-state index contributed by atoms with van der Waals surface area (Å²) in [4.78, 5) is 25.3. The van der Waals surface area contributed by atoms with Crippen molar-refractivity contribution in [1.82, 2.24) is 20.9 Å². The Kier molecular flexibility index (Phi) is 4.71. The highest BCUT2D eigenvalue weighted by Crippen LogP contribution is 2.12. The number of carbonyl (C=O) groups is 2. The smallest absolute Gasteiger partial charge is 0.317 e. The van der Waals surface area contributed by atoms with Crippen LogP contribution in [0.2, 0.25) is 0 Å². The molecule has 0 saturated carbocycles. The summed E-state index contributed by atoms with van der Waals surface area (Å²) in [7, 11) is 0. The van der Waals surface area contributed by atoms with Gasteiger partial charge in [-0.1, -0.05) is 0 Å². The van der Waals surface area contributed by atoms with Crippen molar-refractivity contribution in [2.45, 2.75) is 25.4 Å². The predicted octanol–water partition coefficient (Wildman–Crippen LogP) is -0.431. The second-order valence-electron chi connectivity index (χ2n) is 4.55. The Bertz CT molecular complexity index is 320. The van der Waals surface area contributed by atoms with E-state index in [0.717, 1.165) is 18.1 Å². The predicted molar refractivity (Wildman–Crippen MR) is 71.4 cm³/mol. The van der Waals surface area contributed by atoms with E-state index in [2.05, 4.69) is 16.0 Å². The third-order valence-electron chi connectivity index (χ3n) is 3.18. The summed E-state index contributed by atoms with van der Waals surface area (Å²) in [5.74, 6) is 1.73. The van der Waals surface area contributed by atoms with Crippen LogP contribution in [0.5, 0.6) is 0 Å². The van der Waals surface area contributed by atoms with Gasteiger partial charge in [-0.3, -0.25) is 10.1 Å². The zero-order valence-corrected chi connectivity index (χ0v) is 11.4. The van der Waals surface area contributed by atoms with E-state index in [4.69, 9.17) is 0 Å². The number of nitrogens with zero attached hydrogens (tertiary/aromatic N) is 1. The minimum Gasteiger partial charge on any atom is -0.350 e. The number of thioether (sulfide) groups is 1. The van der Waals surface area contributed by atoms with Gasteiger partial charge in [-0.25, -0.2) is 4.79 Å². The number of rotatable bonds is 3. The quantitative estimate of drug-likeness (QED) is 0.652. The lowest BCUT2D eigenvalue weighted by molar-refractivity contribution is -0.123. The van der Waals surface area contributed by atoms with Crippen LogP contribution in [0, 0.1) is 0 Å². The van der Waals surface area contributed by atoms with Gasteiger partial charge in [0.2, 0.25) is 5.91 Å². The fourth-order valence-corrected chi connectivity index (χ4v) is 3.13. The first-order chi connectivity index (χ1) is 8.70. The SMILES string of the molecule is CCNC(=O)N1CCC(NC(=O)C2CSCN2)C1. The normalized spacial score (nSPS) is 27.3. The maximum absolute atomic E-state index is 11.9. The van der Waals surface area contributed by atoms with Crippen LogP contribution in [0.3, 0.4) is 0 Å². The molecule has 6 nitrogen and oxygen atoms in total. The first-order valence-electron chi connectivity index (χ1n) is 6.35. The van der Waals surface area contributed by atoms with Crippen LogP contribution in [0.1, 0.15) is 13.3 Å². The highest BCUT2D eigenvalue weighted by Gasteiger charge is 2.30. The summed E-state index contributed by atoms with van der Waals surface area (Å²) in [5, 5.41) is 8.93. The number of nitrogens with one attached hydrogen (secondary N) is 3. The molecule has 0 aliphatic carbocycles. The van der Waals surface area contributed by atoms with E-state index in [1.165, 1.54) is 0 Å². The van der Waals surface area contributed by atoms with Crippen LogP contribution in [-0.2, 0) is 4.79 Å². The van der Waals surface area contributed by atoms with Gasteiger partial charge in [0, 0.05) is 37.3 Å². The van der Waals surface area contributed by atoms with Crippen molar-refractivity contribution >= 4 is 23.7 Å². The maximum Gasteiger partial charge on any atom is 0.317 e. The van der Waals surface area contributed by atoms with Crippen LogP contribution < -0.4 is 16.0 Å². The first kappa shape index (κ1) is 13.5. The van der Waals surface area contributed by atoms with Gasteiger partial charge >= 0.3 is 6.03 Å². The molecule has 2 atom stereocenters. The Balaban J connectivity index is 1.75. The van der Waals surface area contributed by atoms with E-state index in [0.29, 0.717) is 19.6 Å². The number of hydrogen-bond acceptors (Lipinski definition) is 4. The van der Waals surface area contributed by atoms with Crippen molar-refractivity contribution in [2.75, 3.05) is 31.3 Å². The van der Waals surface area contributed by atoms with Gasteiger partial charge in [0.25, 0.3) is 0 Å². The van der Waals surface area contributed by atoms with E-state index in [1.54, 1.807) is 16.7 Å². The number of likely N-dealkylation sites (tertiary alicyclic amines) is 1. The second kappa shape index (κ2) is 6.29. The van der Waals surface area contributed by atoms with Crippen molar-refractivity contribution < 1.29 is 9.59 Å². The van der Waals surface area contributed by atoms with Gasteiger partial charge in [-0.2, -0.15) is 0 Å². The molecule has 2 heterocycles. The van der Waals surface area contributed by atoms with Crippen molar-refractivity contribution in [3.63, 3.8) is 0 Å². The molecule has 2 aliphatic heterocycles. The first-order valence-corrected chi connectivity index (χ1v) is 7.50. The Morgan fingerprint density at radius 3 is 3.00 bits per heavy atom. The van der Waals surface area contributed by atoms with E-state index < -0.39 is 0 Å². The monoisotopic (exact) mass is 272 g/mol. The van der Waals surface area contributed by atoms with Crippen molar-refractivity contribution in [3.8, 4) is 0 Å². The maximum atomic E-state index is 11.9. The Labute approximate surface area is 111 Å². The molecule has 3 amide bonds. The number of hydrogen-bond donors (Lipinski definition) is 3. The molecule has 0 spiro atoms. The zero-order chi connectivity index (χ0) is 13.0. The summed E-state index contributed by atoms with van der Waals surface area (Å²) in [6.07, 6.45) is 0.836. The molecule has 2 rings (SSSR count). The molecular weight excluding hydrogens is 252 g/mol. The third-order valence-corrected chi connectivity index (χ3v) is 4.12. The van der Waals surface area contributed by atoms with E-state index in [1.807, 2.05) is 6.92 Å². The molecule has 2 aliphatic rings. The Morgan fingerprint density at radius 2 is 2.33 bits per heavy atom. The Hall–Kier alpha value is -0.950. The van der Waals surface area contributed by atoms with E-state index in [9.17, 15) is 9.59 Å². The molecule has 0 aromatic heterocycles. The van der Waals surface area contributed by atoms with Crippen LogP contribution in [0.25, 0.3) is 0 Å². The minimum atomic E-state index is -0.0754. The molecule has 0 aromatic rings. The summed E-state index contributed by atoms with van der Waals surface area (Å²) in [5.41, 5.74) is 0. The summed E-state index contributed by atoms with van der Waals surface area (Å²) in [6.45, 7) is 3.85. The molecule has 3 N–H and O–H groups in total. The Morgan fingerprint density at radius 1 is 1.50 bits per heavy atom. The molecule has 0 aromatic carbocycles. The topological polar surface area (TPSA) is 73.5 Å². The van der Waals surface area contributed by atoms with Gasteiger partial charge in [0.15, 0.2) is 0 Å². The van der Waals surface area contributed by atoms with Crippen LogP contribution in [-0.4, -0.2) is 60.2 Å². The van der Waals surface area contributed by atoms with Gasteiger partial charge in [-0.15, -0.1) is 11.8 Å². The van der Waals surface area contributed by atoms with Gasteiger partial charge in [0.1, 0.15) is 0 Å². The van der Waals surface area contributed by atoms with Crippen molar-refractivity contribution in [2.24, 2.45) is 0 Å². The van der Waals surface area contributed by atoms with Gasteiger partial charge in [0.05, 0.1) is 6.04 Å². The number of carbonyl (C=O) groups excluding carboxylic acids is 2. The number of amides is 3. The average molecular weight is 272 g/mol. The van der Waals surface area contributed by atoms with Crippen LogP contribution >= 0.6 is 11.8 Å². The summed E-state index contributed by atoms with van der Waals surface area (Å²) < 4.78 is 0. The van der Waals surface area contributed by atoms with E-state index >= 15 is 0 Å². The molecule has 0 bridgehead atoms. The summed E-state index contributed by atoms with van der Waals surface area (Å²) >= 11 is 1.73. The zero-order valence-electron chi connectivity index (χ0n) is 10.6. The molecule has 2 unspecified atom stereocenters. The standard InChI is InChI=1S/C11H20N4O2S/c1-2-12-11(17)15-4-3-8(5-15)14-10(16)9-6-18-7-13-9/h8-9,13H,2-7H2,1H3,(H,12,17)(H,14,16). The molecule has 18 heavy (non-hydrogen) atoms. The van der Waals surface area contributed by atoms with Crippen molar-refractivity contribution in [1.29, 1.82) is 0 Å². The average Bonchev–Trinajstić information content (AvgIpc) is 2.99. The van der Waals surface area contributed by atoms with E-state index in [-0.39, 0.29) is 24.0 Å². The fourth-order valence-electron chi connectivity index (χ4n) is 2.19. The minimum absolute atomic E-state index is 0.0382. The lowest BCUT2D eigenvalue weighted by Gasteiger charge is -2.18. The largest absolute Gasteiger partial charge is 0.350 e. The van der Waals surface area contributed by atoms with Crippen LogP contribution in [0.15, 0.2) is 0 Å². The fraction of sp³-hybridized carbons (Fsp3) is 0.818. The lowest BCUT2D eigenvalue weighted by Crippen LogP contribution is -2.48. The highest BCUT2D eigenvalue weighted by molar-refractivity contribution is 7.99.